The molecule has 0 atom stereocenters. The molecule has 156 valence electrons. The van der Waals surface area contributed by atoms with Gasteiger partial charge < -0.3 is 19.5 Å². The van der Waals surface area contributed by atoms with E-state index >= 15 is 0 Å². The van der Waals surface area contributed by atoms with Gasteiger partial charge >= 0.3 is 5.97 Å². The molecular weight excluding hydrogens is 430 g/mol. The zero-order valence-electron chi connectivity index (χ0n) is 16.2. The smallest absolute Gasteiger partial charge is 0.305 e. The molecule has 2 aromatic rings. The van der Waals surface area contributed by atoms with Crippen LogP contribution >= 0.6 is 35.6 Å². The van der Waals surface area contributed by atoms with Crippen molar-refractivity contribution < 1.29 is 19.0 Å². The lowest BCUT2D eigenvalue weighted by Crippen LogP contribution is -2.24. The van der Waals surface area contributed by atoms with E-state index in [9.17, 15) is 4.79 Å². The van der Waals surface area contributed by atoms with Crippen LogP contribution in [0.3, 0.4) is 0 Å². The van der Waals surface area contributed by atoms with Gasteiger partial charge in [-0.25, -0.2) is 0 Å². The molecule has 5 nitrogen and oxygen atoms in total. The summed E-state index contributed by atoms with van der Waals surface area (Å²) in [5.41, 5.74) is 0. The Morgan fingerprint density at radius 1 is 1.17 bits per heavy atom. The Morgan fingerprint density at radius 2 is 1.97 bits per heavy atom. The van der Waals surface area contributed by atoms with Gasteiger partial charge in [-0.3, -0.25) is 4.79 Å². The number of hydrogen-bond acceptors (Lipinski definition) is 6. The van der Waals surface area contributed by atoms with Crippen LogP contribution in [0.2, 0.25) is 5.02 Å². The maximum atomic E-state index is 11.3. The first kappa shape index (κ1) is 23.3. The molecule has 0 aromatic heterocycles. The predicted molar refractivity (Wildman–Crippen MR) is 122 cm³/mol. The predicted octanol–water partition coefficient (Wildman–Crippen LogP) is 5.46. The topological polar surface area (TPSA) is 56.8 Å². The standard InChI is InChI=1S/C21H24ClNO4S2/c1-2-25-20(24)9-6-14-29-21(28)23-12-13-26-18-11-10-16(22)15-19(18)27-17-7-4-3-5-8-17/h3-5,7-8,10-11,15H,2,6,9,12-14H2,1H3,(H,23,28). The van der Waals surface area contributed by atoms with E-state index in [0.717, 1.165) is 12.2 Å². The number of benzene rings is 2. The Kier molecular flexibility index (Phi) is 10.7. The second kappa shape index (κ2) is 13.3. The molecule has 0 amide bonds. The quantitative estimate of drug-likeness (QED) is 0.275. The number of thioether (sulfide) groups is 1. The number of ether oxygens (including phenoxy) is 3. The third-order valence-corrected chi connectivity index (χ3v) is 5.20. The maximum Gasteiger partial charge on any atom is 0.305 e. The van der Waals surface area contributed by atoms with Crippen LogP contribution in [-0.4, -0.2) is 35.8 Å². The number of esters is 1. The zero-order valence-corrected chi connectivity index (χ0v) is 18.6. The van der Waals surface area contributed by atoms with Crippen molar-refractivity contribution in [3.63, 3.8) is 0 Å². The molecule has 0 heterocycles. The van der Waals surface area contributed by atoms with Gasteiger partial charge in [0.15, 0.2) is 11.5 Å². The van der Waals surface area contributed by atoms with Crippen molar-refractivity contribution in [2.45, 2.75) is 19.8 Å². The fourth-order valence-corrected chi connectivity index (χ4v) is 3.47. The summed E-state index contributed by atoms with van der Waals surface area (Å²) in [7, 11) is 0. The summed E-state index contributed by atoms with van der Waals surface area (Å²) in [4.78, 5) is 11.3. The largest absolute Gasteiger partial charge is 0.488 e. The SMILES string of the molecule is CCOC(=O)CCCSC(=S)NCCOc1ccc(Cl)cc1Oc1ccccc1. The van der Waals surface area contributed by atoms with Gasteiger partial charge in [0, 0.05) is 23.3 Å². The van der Waals surface area contributed by atoms with E-state index in [-0.39, 0.29) is 5.97 Å². The molecule has 0 fully saturated rings. The lowest BCUT2D eigenvalue weighted by Gasteiger charge is -2.13. The Labute approximate surface area is 186 Å². The molecule has 0 unspecified atom stereocenters. The van der Waals surface area contributed by atoms with Crippen molar-refractivity contribution in [2.75, 3.05) is 25.5 Å². The first-order valence-corrected chi connectivity index (χ1v) is 11.1. The molecule has 0 saturated carbocycles. The molecular formula is C21H24ClNO4S2. The lowest BCUT2D eigenvalue weighted by atomic mass is 10.3. The molecule has 29 heavy (non-hydrogen) atoms. The molecule has 0 aliphatic rings. The number of thiocarbonyl (C=S) groups is 1. The normalized spacial score (nSPS) is 10.3. The fraction of sp³-hybridized carbons (Fsp3) is 0.333. The highest BCUT2D eigenvalue weighted by molar-refractivity contribution is 8.22. The van der Waals surface area contributed by atoms with Gasteiger partial charge in [-0.05, 0) is 37.6 Å². The number of carbonyl (C=O) groups is 1. The summed E-state index contributed by atoms with van der Waals surface area (Å²) in [6.07, 6.45) is 1.14. The van der Waals surface area contributed by atoms with E-state index in [2.05, 4.69) is 5.32 Å². The molecule has 2 rings (SSSR count). The van der Waals surface area contributed by atoms with E-state index in [0.29, 0.717) is 52.8 Å². The van der Waals surface area contributed by atoms with Gasteiger partial charge in [0.1, 0.15) is 16.7 Å². The number of carbonyl (C=O) groups excluding carboxylic acids is 1. The maximum absolute atomic E-state index is 11.3. The number of rotatable bonds is 11. The highest BCUT2D eigenvalue weighted by Gasteiger charge is 2.08. The van der Waals surface area contributed by atoms with Crippen molar-refractivity contribution in [1.82, 2.24) is 5.32 Å². The van der Waals surface area contributed by atoms with Gasteiger partial charge in [0.2, 0.25) is 0 Å². The summed E-state index contributed by atoms with van der Waals surface area (Å²) in [5, 5.41) is 3.70. The highest BCUT2D eigenvalue weighted by atomic mass is 35.5. The van der Waals surface area contributed by atoms with Gasteiger partial charge in [0.05, 0.1) is 13.2 Å². The first-order valence-electron chi connectivity index (χ1n) is 9.30. The van der Waals surface area contributed by atoms with Crippen LogP contribution in [0.1, 0.15) is 19.8 Å². The van der Waals surface area contributed by atoms with Crippen LogP contribution < -0.4 is 14.8 Å². The number of halogens is 1. The summed E-state index contributed by atoms with van der Waals surface area (Å²) in [6, 6.07) is 14.7. The third-order valence-electron chi connectivity index (χ3n) is 3.57. The molecule has 0 radical (unpaired) electrons. The van der Waals surface area contributed by atoms with E-state index < -0.39 is 0 Å². The first-order chi connectivity index (χ1) is 14.1. The van der Waals surface area contributed by atoms with Crippen LogP contribution in [0.5, 0.6) is 17.2 Å². The van der Waals surface area contributed by atoms with Crippen molar-refractivity contribution in [2.24, 2.45) is 0 Å². The van der Waals surface area contributed by atoms with E-state index in [1.54, 1.807) is 25.1 Å². The second-order valence-electron chi connectivity index (χ2n) is 5.83. The minimum Gasteiger partial charge on any atom is -0.488 e. The van der Waals surface area contributed by atoms with Crippen LogP contribution in [0.4, 0.5) is 0 Å². The molecule has 2 aromatic carbocycles. The number of para-hydroxylation sites is 1. The zero-order chi connectivity index (χ0) is 20.9. The van der Waals surface area contributed by atoms with Gasteiger partial charge in [-0.1, -0.05) is 53.8 Å². The van der Waals surface area contributed by atoms with Gasteiger partial charge in [-0.2, -0.15) is 0 Å². The minimum absolute atomic E-state index is 0.170. The van der Waals surface area contributed by atoms with E-state index in [4.69, 9.17) is 38.0 Å². The molecule has 0 bridgehead atoms. The van der Waals surface area contributed by atoms with E-state index in [1.165, 1.54) is 11.8 Å². The Bertz CT molecular complexity index is 790. The van der Waals surface area contributed by atoms with Gasteiger partial charge in [0.25, 0.3) is 0 Å². The highest BCUT2D eigenvalue weighted by Crippen LogP contribution is 2.34. The van der Waals surface area contributed by atoms with Crippen molar-refractivity contribution in [3.05, 3.63) is 53.6 Å². The molecule has 0 aliphatic carbocycles. The van der Waals surface area contributed by atoms with Gasteiger partial charge in [-0.15, -0.1) is 0 Å². The average Bonchev–Trinajstić information content (AvgIpc) is 2.71. The van der Waals surface area contributed by atoms with E-state index in [1.807, 2.05) is 30.3 Å². The van der Waals surface area contributed by atoms with Crippen molar-refractivity contribution >= 4 is 45.9 Å². The Morgan fingerprint density at radius 3 is 2.72 bits per heavy atom. The Balaban J connectivity index is 1.71. The van der Waals surface area contributed by atoms with Crippen LogP contribution in [0.25, 0.3) is 0 Å². The average molecular weight is 454 g/mol. The molecule has 0 aliphatic heterocycles. The summed E-state index contributed by atoms with van der Waals surface area (Å²) >= 11 is 12.9. The van der Waals surface area contributed by atoms with Crippen LogP contribution in [0.15, 0.2) is 48.5 Å². The van der Waals surface area contributed by atoms with Crippen molar-refractivity contribution in [3.8, 4) is 17.2 Å². The Hall–Kier alpha value is -1.96. The second-order valence-corrected chi connectivity index (χ2v) is 8.03. The minimum atomic E-state index is -0.170. The van der Waals surface area contributed by atoms with Crippen LogP contribution in [0, 0.1) is 0 Å². The third kappa shape index (κ3) is 9.39. The molecule has 1 N–H and O–H groups in total. The fourth-order valence-electron chi connectivity index (χ4n) is 2.28. The molecule has 8 heteroatoms. The van der Waals surface area contributed by atoms with Crippen molar-refractivity contribution in [1.29, 1.82) is 0 Å². The monoisotopic (exact) mass is 453 g/mol. The number of nitrogens with one attached hydrogen (secondary N) is 1. The number of hydrogen-bond donors (Lipinski definition) is 1. The summed E-state index contributed by atoms with van der Waals surface area (Å²) in [5.74, 6) is 2.46. The summed E-state index contributed by atoms with van der Waals surface area (Å²) in [6.45, 7) is 3.18. The molecule has 0 saturated heterocycles. The van der Waals surface area contributed by atoms with Crippen LogP contribution in [-0.2, 0) is 9.53 Å². The lowest BCUT2D eigenvalue weighted by molar-refractivity contribution is -0.143. The molecule has 0 spiro atoms. The summed E-state index contributed by atoms with van der Waals surface area (Å²) < 4.78 is 17.3.